The Kier molecular flexibility index (Phi) is 6.87. The fourth-order valence-corrected chi connectivity index (χ4v) is 3.68. The van der Waals surface area contributed by atoms with Crippen molar-refractivity contribution in [2.45, 2.75) is 45.7 Å². The summed E-state index contributed by atoms with van der Waals surface area (Å²) in [6.07, 6.45) is 3.36. The van der Waals surface area contributed by atoms with Crippen molar-refractivity contribution in [1.29, 1.82) is 0 Å². The molecule has 1 aliphatic rings. The first-order chi connectivity index (χ1) is 13.1. The highest BCUT2D eigenvalue weighted by Crippen LogP contribution is 2.17. The first-order valence-corrected chi connectivity index (χ1v) is 9.94. The molecule has 0 saturated carbocycles. The van der Waals surface area contributed by atoms with Crippen molar-refractivity contribution in [1.82, 2.24) is 25.3 Å². The van der Waals surface area contributed by atoms with Crippen molar-refractivity contribution >= 4 is 6.03 Å². The van der Waals surface area contributed by atoms with Crippen LogP contribution < -0.4 is 10.6 Å². The standard InChI is InChI=1S/C21H31N5O/c1-17-15-18(2)26(24-17)14-8-11-22-21(27)23-20(16-25-12-6-7-13-25)19-9-4-3-5-10-19/h3-5,9-10,15,20H,6-8,11-14,16H2,1-2H3,(H2,22,23,27). The first kappa shape index (κ1) is 19.4. The van der Waals surface area contributed by atoms with E-state index in [1.165, 1.54) is 12.8 Å². The molecule has 0 aliphatic carbocycles. The van der Waals surface area contributed by atoms with Crippen molar-refractivity contribution in [2.24, 2.45) is 0 Å². The number of likely N-dealkylation sites (tertiary alicyclic amines) is 1. The summed E-state index contributed by atoms with van der Waals surface area (Å²) in [5.41, 5.74) is 3.35. The van der Waals surface area contributed by atoms with Crippen LogP contribution in [0.25, 0.3) is 0 Å². The summed E-state index contributed by atoms with van der Waals surface area (Å²) in [6, 6.07) is 12.2. The quantitative estimate of drug-likeness (QED) is 0.703. The second-order valence-corrected chi connectivity index (χ2v) is 7.38. The van der Waals surface area contributed by atoms with Gasteiger partial charge in [0.25, 0.3) is 0 Å². The Balaban J connectivity index is 1.47. The van der Waals surface area contributed by atoms with Gasteiger partial charge in [0.15, 0.2) is 0 Å². The van der Waals surface area contributed by atoms with Crippen LogP contribution in [0.1, 0.15) is 42.3 Å². The topological polar surface area (TPSA) is 62.2 Å². The molecule has 27 heavy (non-hydrogen) atoms. The maximum absolute atomic E-state index is 12.4. The van der Waals surface area contributed by atoms with E-state index in [9.17, 15) is 4.79 Å². The second-order valence-electron chi connectivity index (χ2n) is 7.38. The van der Waals surface area contributed by atoms with Gasteiger partial charge in [0.1, 0.15) is 0 Å². The highest BCUT2D eigenvalue weighted by molar-refractivity contribution is 5.74. The molecular weight excluding hydrogens is 338 g/mol. The van der Waals surface area contributed by atoms with Crippen LogP contribution in [0.3, 0.4) is 0 Å². The number of carbonyl (C=O) groups is 1. The molecule has 1 saturated heterocycles. The molecule has 0 spiro atoms. The van der Waals surface area contributed by atoms with Crippen LogP contribution in [-0.4, -0.2) is 46.9 Å². The van der Waals surface area contributed by atoms with E-state index in [1.807, 2.05) is 29.8 Å². The lowest BCUT2D eigenvalue weighted by Gasteiger charge is -2.25. The average molecular weight is 370 g/mol. The Morgan fingerprint density at radius 1 is 1.19 bits per heavy atom. The van der Waals surface area contributed by atoms with Gasteiger partial charge in [-0.1, -0.05) is 30.3 Å². The summed E-state index contributed by atoms with van der Waals surface area (Å²) in [5, 5.41) is 10.6. The second kappa shape index (κ2) is 9.55. The molecule has 146 valence electrons. The minimum absolute atomic E-state index is 0.0142. The molecule has 1 aromatic heterocycles. The fraction of sp³-hybridized carbons (Fsp3) is 0.524. The molecule has 2 N–H and O–H groups in total. The minimum atomic E-state index is -0.101. The normalized spacial score (nSPS) is 15.6. The molecule has 2 aromatic rings. The Bertz CT molecular complexity index is 721. The molecule has 1 atom stereocenters. The number of nitrogens with zero attached hydrogens (tertiary/aromatic N) is 3. The SMILES string of the molecule is Cc1cc(C)n(CCCNC(=O)NC(CN2CCCC2)c2ccccc2)n1. The molecule has 2 amide bonds. The van der Waals surface area contributed by atoms with Crippen molar-refractivity contribution in [3.63, 3.8) is 0 Å². The number of hydrogen-bond donors (Lipinski definition) is 2. The van der Waals surface area contributed by atoms with E-state index < -0.39 is 0 Å². The highest BCUT2D eigenvalue weighted by Gasteiger charge is 2.20. The van der Waals surface area contributed by atoms with Crippen LogP contribution in [0, 0.1) is 13.8 Å². The zero-order valence-electron chi connectivity index (χ0n) is 16.4. The Morgan fingerprint density at radius 2 is 1.93 bits per heavy atom. The monoisotopic (exact) mass is 369 g/mol. The summed E-state index contributed by atoms with van der Waals surface area (Å²) in [5.74, 6) is 0. The van der Waals surface area contributed by atoms with Gasteiger partial charge in [0.05, 0.1) is 11.7 Å². The summed E-state index contributed by atoms with van der Waals surface area (Å²) < 4.78 is 2.00. The molecule has 6 nitrogen and oxygen atoms in total. The van der Waals surface area contributed by atoms with E-state index in [-0.39, 0.29) is 12.1 Å². The smallest absolute Gasteiger partial charge is 0.315 e. The maximum atomic E-state index is 12.4. The van der Waals surface area contributed by atoms with E-state index >= 15 is 0 Å². The number of aryl methyl sites for hydroxylation is 3. The summed E-state index contributed by atoms with van der Waals surface area (Å²) >= 11 is 0. The van der Waals surface area contributed by atoms with E-state index in [2.05, 4.69) is 45.8 Å². The van der Waals surface area contributed by atoms with Gasteiger partial charge in [-0.2, -0.15) is 5.10 Å². The van der Waals surface area contributed by atoms with E-state index in [0.717, 1.165) is 49.6 Å². The van der Waals surface area contributed by atoms with Crippen LogP contribution >= 0.6 is 0 Å². The van der Waals surface area contributed by atoms with E-state index in [1.54, 1.807) is 0 Å². The number of aromatic nitrogens is 2. The molecule has 6 heteroatoms. The molecule has 0 radical (unpaired) electrons. The predicted molar refractivity (Wildman–Crippen MR) is 108 cm³/mol. The molecule has 2 heterocycles. The van der Waals surface area contributed by atoms with Crippen molar-refractivity contribution < 1.29 is 4.79 Å². The van der Waals surface area contributed by atoms with Crippen LogP contribution in [-0.2, 0) is 6.54 Å². The minimum Gasteiger partial charge on any atom is -0.338 e. The lowest BCUT2D eigenvalue weighted by atomic mass is 10.1. The lowest BCUT2D eigenvalue weighted by molar-refractivity contribution is 0.229. The molecule has 1 fully saturated rings. The highest BCUT2D eigenvalue weighted by atomic mass is 16.2. The van der Waals surface area contributed by atoms with Gasteiger partial charge in [-0.05, 0) is 57.8 Å². The summed E-state index contributed by atoms with van der Waals surface area (Å²) in [7, 11) is 0. The van der Waals surface area contributed by atoms with Crippen LogP contribution in [0.15, 0.2) is 36.4 Å². The first-order valence-electron chi connectivity index (χ1n) is 9.94. The number of nitrogens with one attached hydrogen (secondary N) is 2. The fourth-order valence-electron chi connectivity index (χ4n) is 3.68. The number of amides is 2. The predicted octanol–water partition coefficient (Wildman–Crippen LogP) is 3.03. The van der Waals surface area contributed by atoms with Gasteiger partial charge in [0.2, 0.25) is 0 Å². The van der Waals surface area contributed by atoms with Crippen LogP contribution in [0.5, 0.6) is 0 Å². The number of benzene rings is 1. The maximum Gasteiger partial charge on any atom is 0.315 e. The Labute approximate surface area is 161 Å². The largest absolute Gasteiger partial charge is 0.338 e. The molecule has 3 rings (SSSR count). The molecule has 0 bridgehead atoms. The van der Waals surface area contributed by atoms with Gasteiger partial charge < -0.3 is 15.5 Å². The van der Waals surface area contributed by atoms with Gasteiger partial charge >= 0.3 is 6.03 Å². The molecule has 1 aliphatic heterocycles. The average Bonchev–Trinajstić information content (AvgIpc) is 3.28. The number of rotatable bonds is 8. The van der Waals surface area contributed by atoms with Crippen molar-refractivity contribution in [2.75, 3.05) is 26.2 Å². The van der Waals surface area contributed by atoms with Crippen LogP contribution in [0.2, 0.25) is 0 Å². The number of carbonyl (C=O) groups excluding carboxylic acids is 1. The van der Waals surface area contributed by atoms with Gasteiger partial charge in [-0.25, -0.2) is 4.79 Å². The molecular formula is C21H31N5O. The third-order valence-electron chi connectivity index (χ3n) is 5.08. The van der Waals surface area contributed by atoms with Crippen LogP contribution in [0.4, 0.5) is 4.79 Å². The van der Waals surface area contributed by atoms with Gasteiger partial charge in [-0.15, -0.1) is 0 Å². The number of urea groups is 1. The molecule has 1 unspecified atom stereocenters. The zero-order chi connectivity index (χ0) is 19.1. The third-order valence-corrected chi connectivity index (χ3v) is 5.08. The van der Waals surface area contributed by atoms with E-state index in [0.29, 0.717) is 6.54 Å². The third kappa shape index (κ3) is 5.82. The van der Waals surface area contributed by atoms with Crippen molar-refractivity contribution in [3.05, 3.63) is 53.3 Å². The molecule has 1 aromatic carbocycles. The Hall–Kier alpha value is -2.34. The van der Waals surface area contributed by atoms with Gasteiger partial charge in [0, 0.05) is 25.3 Å². The van der Waals surface area contributed by atoms with Crippen molar-refractivity contribution in [3.8, 4) is 0 Å². The lowest BCUT2D eigenvalue weighted by Crippen LogP contribution is -2.42. The van der Waals surface area contributed by atoms with E-state index in [4.69, 9.17) is 0 Å². The van der Waals surface area contributed by atoms with Gasteiger partial charge in [-0.3, -0.25) is 4.68 Å². The Morgan fingerprint density at radius 3 is 2.59 bits per heavy atom. The number of hydrogen-bond acceptors (Lipinski definition) is 3. The zero-order valence-corrected chi connectivity index (χ0v) is 16.4. The summed E-state index contributed by atoms with van der Waals surface area (Å²) in [4.78, 5) is 14.9. The summed E-state index contributed by atoms with van der Waals surface area (Å²) in [6.45, 7) is 8.61.